The normalized spacial score (nSPS) is 16.3. The zero-order chi connectivity index (χ0) is 13.1. The van der Waals surface area contributed by atoms with Gasteiger partial charge >= 0.3 is 0 Å². The van der Waals surface area contributed by atoms with Crippen molar-refractivity contribution in [3.8, 4) is 0 Å². The average Bonchev–Trinajstić information content (AvgIpc) is 3.14. The van der Waals surface area contributed by atoms with Crippen LogP contribution in [0.15, 0.2) is 18.2 Å². The summed E-state index contributed by atoms with van der Waals surface area (Å²) < 4.78 is 5.21. The third-order valence-electron chi connectivity index (χ3n) is 3.30. The van der Waals surface area contributed by atoms with Gasteiger partial charge in [-0.2, -0.15) is 0 Å². The van der Waals surface area contributed by atoms with Crippen LogP contribution in [0.5, 0.6) is 0 Å². The monoisotopic (exact) mass is 250 g/mol. The fraction of sp³-hybridized carbons (Fsp3) is 0.538. The topological polar surface area (TPSA) is 64.4 Å². The molecule has 0 amide bonds. The van der Waals surface area contributed by atoms with Crippen molar-refractivity contribution in [3.63, 3.8) is 0 Å². The summed E-state index contributed by atoms with van der Waals surface area (Å²) in [7, 11) is 1.69. The minimum atomic E-state index is -0.371. The molecule has 0 aromatic heterocycles. The fourth-order valence-corrected chi connectivity index (χ4v) is 2.10. The lowest BCUT2D eigenvalue weighted by atomic mass is 10.1. The molecule has 0 heterocycles. The van der Waals surface area contributed by atoms with Crippen LogP contribution in [0.4, 0.5) is 11.4 Å². The van der Waals surface area contributed by atoms with Crippen molar-refractivity contribution in [2.24, 2.45) is 5.92 Å². The summed E-state index contributed by atoms with van der Waals surface area (Å²) in [6.45, 7) is 2.55. The number of methoxy groups -OCH3 is 1. The number of nitrogens with zero attached hydrogens (tertiary/aromatic N) is 1. The second-order valence-electron chi connectivity index (χ2n) is 4.80. The highest BCUT2D eigenvalue weighted by Crippen LogP contribution is 2.35. The Morgan fingerprint density at radius 1 is 1.56 bits per heavy atom. The molecule has 1 aromatic carbocycles. The summed E-state index contributed by atoms with van der Waals surface area (Å²) in [6, 6.07) is 5.21. The smallest absolute Gasteiger partial charge is 0.269 e. The third-order valence-corrected chi connectivity index (χ3v) is 3.30. The highest BCUT2D eigenvalue weighted by Gasteiger charge is 2.31. The lowest BCUT2D eigenvalue weighted by Crippen LogP contribution is -2.27. The predicted octanol–water partition coefficient (Wildman–Crippen LogP) is 2.74. The largest absolute Gasteiger partial charge is 0.383 e. The second-order valence-corrected chi connectivity index (χ2v) is 4.80. The van der Waals surface area contributed by atoms with Crippen molar-refractivity contribution in [1.82, 2.24) is 0 Å². The van der Waals surface area contributed by atoms with Gasteiger partial charge in [-0.25, -0.2) is 0 Å². The number of non-ortho nitro benzene ring substituents is 1. The average molecular weight is 250 g/mol. The Bertz CT molecular complexity index is 444. The summed E-state index contributed by atoms with van der Waals surface area (Å²) in [5.74, 6) is 0.666. The van der Waals surface area contributed by atoms with Crippen LogP contribution in [0, 0.1) is 23.0 Å². The Labute approximate surface area is 106 Å². The van der Waals surface area contributed by atoms with E-state index in [1.165, 1.54) is 18.9 Å². The number of nitrogens with one attached hydrogen (secondary N) is 1. The molecule has 1 N–H and O–H groups in total. The van der Waals surface area contributed by atoms with E-state index in [9.17, 15) is 10.1 Å². The van der Waals surface area contributed by atoms with E-state index in [1.54, 1.807) is 19.2 Å². The number of rotatable bonds is 6. The molecule has 2 rings (SSSR count). The van der Waals surface area contributed by atoms with Crippen molar-refractivity contribution in [2.75, 3.05) is 19.0 Å². The van der Waals surface area contributed by atoms with Gasteiger partial charge in [0.05, 0.1) is 17.6 Å². The molecule has 0 radical (unpaired) electrons. The van der Waals surface area contributed by atoms with E-state index in [0.29, 0.717) is 18.6 Å². The lowest BCUT2D eigenvalue weighted by molar-refractivity contribution is -0.384. The Morgan fingerprint density at radius 2 is 2.28 bits per heavy atom. The second kappa shape index (κ2) is 5.35. The first-order valence-electron chi connectivity index (χ1n) is 6.12. The van der Waals surface area contributed by atoms with Crippen molar-refractivity contribution in [2.45, 2.75) is 25.8 Å². The fourth-order valence-electron chi connectivity index (χ4n) is 2.10. The number of ether oxygens (including phenoxy) is 1. The summed E-state index contributed by atoms with van der Waals surface area (Å²) >= 11 is 0. The van der Waals surface area contributed by atoms with Gasteiger partial charge in [0.1, 0.15) is 0 Å². The van der Waals surface area contributed by atoms with Crippen LogP contribution in [-0.4, -0.2) is 24.7 Å². The Balaban J connectivity index is 2.10. The molecule has 0 saturated heterocycles. The molecule has 1 atom stereocenters. The number of nitro benzene ring substituents is 1. The molecule has 1 unspecified atom stereocenters. The van der Waals surface area contributed by atoms with Gasteiger partial charge in [-0.3, -0.25) is 10.1 Å². The maximum Gasteiger partial charge on any atom is 0.269 e. The maximum atomic E-state index is 10.7. The molecular weight excluding hydrogens is 232 g/mol. The van der Waals surface area contributed by atoms with Crippen molar-refractivity contribution in [1.29, 1.82) is 0 Å². The summed E-state index contributed by atoms with van der Waals surface area (Å²) in [5.41, 5.74) is 1.98. The molecule has 0 spiro atoms. The van der Waals surface area contributed by atoms with Crippen molar-refractivity contribution < 1.29 is 9.66 Å². The summed E-state index contributed by atoms with van der Waals surface area (Å²) in [5, 5.41) is 14.1. The Morgan fingerprint density at radius 3 is 2.78 bits per heavy atom. The van der Waals surface area contributed by atoms with Crippen LogP contribution < -0.4 is 5.32 Å². The third kappa shape index (κ3) is 2.98. The van der Waals surface area contributed by atoms with Crippen LogP contribution in [-0.2, 0) is 4.74 Å². The van der Waals surface area contributed by atoms with E-state index in [0.717, 1.165) is 11.3 Å². The number of anilines is 1. The van der Waals surface area contributed by atoms with E-state index in [4.69, 9.17) is 4.74 Å². The van der Waals surface area contributed by atoms with Gasteiger partial charge in [0.15, 0.2) is 0 Å². The number of nitro groups is 1. The van der Waals surface area contributed by atoms with E-state index in [2.05, 4.69) is 5.32 Å². The first-order valence-corrected chi connectivity index (χ1v) is 6.12. The molecule has 0 bridgehead atoms. The van der Waals surface area contributed by atoms with Crippen molar-refractivity contribution in [3.05, 3.63) is 33.9 Å². The minimum Gasteiger partial charge on any atom is -0.383 e. The molecule has 1 aliphatic carbocycles. The quantitative estimate of drug-likeness (QED) is 0.622. The molecule has 1 fully saturated rings. The highest BCUT2D eigenvalue weighted by molar-refractivity contribution is 5.56. The van der Waals surface area contributed by atoms with E-state index >= 15 is 0 Å². The molecule has 5 heteroatoms. The predicted molar refractivity (Wildman–Crippen MR) is 69.8 cm³/mol. The number of aryl methyl sites for hydroxylation is 1. The zero-order valence-electron chi connectivity index (χ0n) is 10.7. The molecule has 1 aromatic rings. The molecule has 18 heavy (non-hydrogen) atoms. The number of hydrogen-bond acceptors (Lipinski definition) is 4. The Hall–Kier alpha value is -1.62. The maximum absolute atomic E-state index is 10.7. The molecule has 1 aliphatic rings. The van der Waals surface area contributed by atoms with E-state index in [1.807, 2.05) is 6.92 Å². The van der Waals surface area contributed by atoms with Gasteiger partial charge in [0, 0.05) is 24.9 Å². The highest BCUT2D eigenvalue weighted by atomic mass is 16.6. The Kier molecular flexibility index (Phi) is 3.81. The molecule has 5 nitrogen and oxygen atoms in total. The van der Waals surface area contributed by atoms with Gasteiger partial charge in [-0.05, 0) is 37.3 Å². The lowest BCUT2D eigenvalue weighted by Gasteiger charge is -2.19. The van der Waals surface area contributed by atoms with Gasteiger partial charge in [-0.1, -0.05) is 0 Å². The molecular formula is C13H18N2O3. The van der Waals surface area contributed by atoms with Gasteiger partial charge in [0.2, 0.25) is 0 Å². The van der Waals surface area contributed by atoms with Crippen LogP contribution in [0.2, 0.25) is 0 Å². The van der Waals surface area contributed by atoms with E-state index in [-0.39, 0.29) is 10.6 Å². The van der Waals surface area contributed by atoms with Crippen LogP contribution in [0.3, 0.4) is 0 Å². The minimum absolute atomic E-state index is 0.132. The summed E-state index contributed by atoms with van der Waals surface area (Å²) in [4.78, 5) is 10.3. The van der Waals surface area contributed by atoms with Gasteiger partial charge < -0.3 is 10.1 Å². The number of benzene rings is 1. The molecule has 1 saturated carbocycles. The van der Waals surface area contributed by atoms with Crippen LogP contribution >= 0.6 is 0 Å². The number of hydrogen-bond donors (Lipinski definition) is 1. The summed E-state index contributed by atoms with van der Waals surface area (Å²) in [6.07, 6.45) is 2.46. The van der Waals surface area contributed by atoms with E-state index < -0.39 is 0 Å². The van der Waals surface area contributed by atoms with Crippen LogP contribution in [0.25, 0.3) is 0 Å². The van der Waals surface area contributed by atoms with Gasteiger partial charge in [0.25, 0.3) is 5.69 Å². The van der Waals surface area contributed by atoms with Crippen molar-refractivity contribution >= 4 is 11.4 Å². The van der Waals surface area contributed by atoms with Gasteiger partial charge in [-0.15, -0.1) is 0 Å². The molecule has 0 aliphatic heterocycles. The van der Waals surface area contributed by atoms with Crippen LogP contribution in [0.1, 0.15) is 18.4 Å². The SMILES string of the molecule is COCC(Nc1ccc([N+](=O)[O-])cc1C)C1CC1. The standard InChI is InChI=1S/C13H18N2O3/c1-9-7-11(15(16)17)5-6-12(9)14-13(8-18-2)10-3-4-10/h5-7,10,13-14H,3-4,8H2,1-2H3. The first-order chi connectivity index (χ1) is 8.61. The zero-order valence-corrected chi connectivity index (χ0v) is 10.7. The molecule has 98 valence electrons. The first kappa shape index (κ1) is 12.8.